The number of carbonyl (C=O) groups excluding carboxylic acids is 1. The molecule has 4 aromatic rings. The molecule has 3 aliphatic heterocycles. The number of carboxylic acids is 1. The monoisotopic (exact) mass is 612 g/mol. The molecule has 234 valence electrons. The Morgan fingerprint density at radius 2 is 1.71 bits per heavy atom. The van der Waals surface area contributed by atoms with Crippen molar-refractivity contribution in [1.29, 1.82) is 0 Å². The fourth-order valence-corrected chi connectivity index (χ4v) is 7.11. The molecule has 13 nitrogen and oxygen atoms in total. The maximum atomic E-state index is 13.6. The van der Waals surface area contributed by atoms with Crippen LogP contribution < -0.4 is 9.80 Å². The molecule has 1 amide bonds. The van der Waals surface area contributed by atoms with Crippen molar-refractivity contribution >= 4 is 34.3 Å². The number of aliphatic hydroxyl groups is 1. The number of para-hydroxylation sites is 1. The van der Waals surface area contributed by atoms with Gasteiger partial charge < -0.3 is 30.0 Å². The van der Waals surface area contributed by atoms with E-state index in [1.165, 1.54) is 16.5 Å². The van der Waals surface area contributed by atoms with Crippen LogP contribution in [0, 0.1) is 11.3 Å². The van der Waals surface area contributed by atoms with Gasteiger partial charge in [-0.05, 0) is 43.2 Å². The summed E-state index contributed by atoms with van der Waals surface area (Å²) in [5.41, 5.74) is 1.82. The van der Waals surface area contributed by atoms with Crippen molar-refractivity contribution in [3.8, 4) is 17.0 Å². The van der Waals surface area contributed by atoms with E-state index in [0.717, 1.165) is 42.8 Å². The highest BCUT2D eigenvalue weighted by molar-refractivity contribution is 5.90. The quantitative estimate of drug-likeness (QED) is 0.281. The number of likely N-dealkylation sites (tertiary alicyclic amines) is 1. The van der Waals surface area contributed by atoms with Gasteiger partial charge in [0, 0.05) is 61.2 Å². The number of aromatic nitrogens is 5. The fourth-order valence-electron chi connectivity index (χ4n) is 7.11. The number of benzene rings is 2. The summed E-state index contributed by atoms with van der Waals surface area (Å²) in [4.78, 5) is 31.4. The maximum Gasteiger partial charge on any atom is 0.329 e. The van der Waals surface area contributed by atoms with Crippen molar-refractivity contribution in [2.24, 2.45) is 11.3 Å². The first-order chi connectivity index (χ1) is 21.5. The lowest BCUT2D eigenvalue weighted by Gasteiger charge is -2.61. The van der Waals surface area contributed by atoms with Crippen LogP contribution in [0.3, 0.4) is 0 Å². The summed E-state index contributed by atoms with van der Waals surface area (Å²) in [6, 6.07) is 14.5. The van der Waals surface area contributed by atoms with Crippen molar-refractivity contribution in [3.63, 3.8) is 0 Å². The summed E-state index contributed by atoms with van der Waals surface area (Å²) >= 11 is 0. The number of hydrogen-bond acceptors (Lipinski definition) is 10. The molecule has 3 aliphatic rings. The first-order valence-electron chi connectivity index (χ1n) is 15.2. The Morgan fingerprint density at radius 1 is 0.978 bits per heavy atom. The lowest BCUT2D eigenvalue weighted by molar-refractivity contribution is -0.157. The topological polar surface area (TPSA) is 161 Å². The molecule has 13 heteroatoms. The van der Waals surface area contributed by atoms with Crippen LogP contribution >= 0.6 is 0 Å². The van der Waals surface area contributed by atoms with Gasteiger partial charge >= 0.3 is 5.97 Å². The number of amides is 1. The molecule has 0 radical (unpaired) electrons. The van der Waals surface area contributed by atoms with Crippen LogP contribution in [-0.4, -0.2) is 102 Å². The number of fused-ring (bicyclic) bond motifs is 1. The third kappa shape index (κ3) is 4.82. The normalized spacial score (nSPS) is 23.0. The third-order valence-corrected chi connectivity index (χ3v) is 9.56. The molecule has 2 aromatic heterocycles. The van der Waals surface area contributed by atoms with Gasteiger partial charge in [-0.1, -0.05) is 37.3 Å². The molecule has 0 saturated carbocycles. The molecule has 1 unspecified atom stereocenters. The summed E-state index contributed by atoms with van der Waals surface area (Å²) < 4.78 is 1.54. The van der Waals surface area contributed by atoms with Crippen LogP contribution in [0.5, 0.6) is 5.75 Å². The number of phenolic OH excluding ortho intramolecular Hbond substituents is 1. The van der Waals surface area contributed by atoms with Crippen LogP contribution in [0.15, 0.2) is 54.7 Å². The van der Waals surface area contributed by atoms with Gasteiger partial charge in [-0.15, -0.1) is 15.3 Å². The zero-order chi connectivity index (χ0) is 31.7. The second-order valence-corrected chi connectivity index (χ2v) is 13.3. The highest BCUT2D eigenvalue weighted by Crippen LogP contribution is 2.44. The third-order valence-electron chi connectivity index (χ3n) is 9.56. The Morgan fingerprint density at radius 3 is 2.42 bits per heavy atom. The van der Waals surface area contributed by atoms with Crippen LogP contribution in [0.2, 0.25) is 0 Å². The summed E-state index contributed by atoms with van der Waals surface area (Å²) in [5.74, 6) is -0.836. The van der Waals surface area contributed by atoms with E-state index in [1.54, 1.807) is 18.3 Å². The van der Waals surface area contributed by atoms with Crippen LogP contribution in [0.1, 0.15) is 33.2 Å². The summed E-state index contributed by atoms with van der Waals surface area (Å²) in [5, 5.41) is 48.6. The summed E-state index contributed by atoms with van der Waals surface area (Å²) in [6.07, 6.45) is 0.864. The van der Waals surface area contributed by atoms with Gasteiger partial charge in [0.2, 0.25) is 5.91 Å². The molecule has 3 N–H and O–H groups in total. The number of phenols is 1. The van der Waals surface area contributed by atoms with Gasteiger partial charge in [0.25, 0.3) is 0 Å². The number of hydrogen-bond donors (Lipinski definition) is 3. The Labute approximate surface area is 259 Å². The number of nitrogens with zero attached hydrogens (tertiary/aromatic N) is 8. The van der Waals surface area contributed by atoms with Crippen molar-refractivity contribution in [2.45, 2.75) is 44.9 Å². The lowest BCUT2D eigenvalue weighted by atomic mass is 9.72. The molecular weight excluding hydrogens is 576 g/mol. The van der Waals surface area contributed by atoms with Gasteiger partial charge in [-0.3, -0.25) is 4.79 Å². The minimum atomic E-state index is -1.47. The molecule has 3 saturated heterocycles. The van der Waals surface area contributed by atoms with E-state index in [0.29, 0.717) is 17.1 Å². The molecular formula is C32H36N8O5. The highest BCUT2D eigenvalue weighted by atomic mass is 16.4. The number of carboxylic acid groups (broad SMARTS) is 1. The SMILES string of the molecule is CC(C)C(C(=O)N1C[C@H](O)C[C@@]1(C)C(=O)O)n1cc(N2CC3(CN(c4ccc5cc(-c6ccccc6O)nnc5c4)C3)C2)nn1. The first-order valence-corrected chi connectivity index (χ1v) is 15.2. The van der Waals surface area contributed by atoms with Gasteiger partial charge in [0.1, 0.15) is 17.3 Å². The highest BCUT2D eigenvalue weighted by Gasteiger charge is 2.53. The fraction of sp³-hybridized carbons (Fsp3) is 0.438. The number of anilines is 2. The second kappa shape index (κ2) is 10.4. The average molecular weight is 613 g/mol. The standard InChI is InChI=1S/C32H36N8O5/c1-19(2)28(29(43)39-13-22(41)12-31(39,3)30(44)45)40-14-27(35-36-40)38-17-32(18-38)15-37(16-32)21-9-8-20-10-25(34-33-24(20)11-21)23-6-4-5-7-26(23)42/h4-11,14,19,22,28,41-42H,12-13,15-18H2,1-3H3,(H,44,45)/t22-,28?,31+/m1/s1. The van der Waals surface area contributed by atoms with E-state index in [-0.39, 0.29) is 36.0 Å². The van der Waals surface area contributed by atoms with Gasteiger partial charge in [0.15, 0.2) is 5.82 Å². The minimum absolute atomic E-state index is 0.0123. The molecule has 0 bridgehead atoms. The first kappa shape index (κ1) is 29.0. The average Bonchev–Trinajstić information content (AvgIpc) is 3.55. The molecule has 7 rings (SSSR count). The van der Waals surface area contributed by atoms with E-state index >= 15 is 0 Å². The van der Waals surface area contributed by atoms with Crippen molar-refractivity contribution in [1.82, 2.24) is 30.1 Å². The lowest BCUT2D eigenvalue weighted by Crippen LogP contribution is -2.72. The largest absolute Gasteiger partial charge is 0.507 e. The van der Waals surface area contributed by atoms with Crippen molar-refractivity contribution < 1.29 is 24.9 Å². The molecule has 5 heterocycles. The zero-order valence-corrected chi connectivity index (χ0v) is 25.4. The maximum absolute atomic E-state index is 13.6. The number of aliphatic hydroxyl groups excluding tert-OH is 1. The predicted molar refractivity (Wildman–Crippen MR) is 166 cm³/mol. The second-order valence-electron chi connectivity index (χ2n) is 13.3. The van der Waals surface area contributed by atoms with Crippen LogP contribution in [0.25, 0.3) is 22.2 Å². The number of aromatic hydroxyl groups is 1. The van der Waals surface area contributed by atoms with Crippen molar-refractivity contribution in [2.75, 3.05) is 42.5 Å². The van der Waals surface area contributed by atoms with E-state index in [2.05, 4.69) is 36.4 Å². The Balaban J connectivity index is 0.998. The van der Waals surface area contributed by atoms with Crippen LogP contribution in [0.4, 0.5) is 11.5 Å². The number of rotatable bonds is 7. The Hall–Kier alpha value is -4.78. The van der Waals surface area contributed by atoms with Crippen molar-refractivity contribution in [3.05, 3.63) is 54.7 Å². The van der Waals surface area contributed by atoms with E-state index in [9.17, 15) is 24.9 Å². The Bertz CT molecular complexity index is 1800. The number of carbonyl (C=O) groups is 2. The summed E-state index contributed by atoms with van der Waals surface area (Å²) in [7, 11) is 0. The summed E-state index contributed by atoms with van der Waals surface area (Å²) in [6.45, 7) is 8.65. The smallest absolute Gasteiger partial charge is 0.329 e. The van der Waals surface area contributed by atoms with E-state index in [4.69, 9.17) is 0 Å². The van der Waals surface area contributed by atoms with Gasteiger partial charge in [0.05, 0.1) is 23.5 Å². The molecule has 1 spiro atoms. The molecule has 3 atom stereocenters. The van der Waals surface area contributed by atoms with E-state index < -0.39 is 23.7 Å². The number of aliphatic carboxylic acids is 1. The molecule has 2 aromatic carbocycles. The molecule has 0 aliphatic carbocycles. The minimum Gasteiger partial charge on any atom is -0.507 e. The molecule has 3 fully saturated rings. The van der Waals surface area contributed by atoms with Crippen LogP contribution in [-0.2, 0) is 9.59 Å². The molecule has 45 heavy (non-hydrogen) atoms. The van der Waals surface area contributed by atoms with E-state index in [1.807, 2.05) is 44.2 Å². The van der Waals surface area contributed by atoms with Gasteiger partial charge in [-0.2, -0.15) is 0 Å². The van der Waals surface area contributed by atoms with Gasteiger partial charge in [-0.25, -0.2) is 9.48 Å². The number of β-amino-alcohol motifs (C(OH)–C–C–N with tert-alkyl or cyclic N) is 1. The zero-order valence-electron chi connectivity index (χ0n) is 25.4. The predicted octanol–water partition coefficient (Wildman–Crippen LogP) is 2.55. The Kier molecular flexibility index (Phi) is 6.69.